The number of rotatable bonds is 6. The molecule has 0 spiro atoms. The Bertz CT molecular complexity index is 1020. The van der Waals surface area contributed by atoms with Crippen LogP contribution in [0.3, 0.4) is 0 Å². The molecule has 1 fully saturated rings. The molecular formula is C22H22N4O2. The zero-order valence-corrected chi connectivity index (χ0v) is 15.6. The second-order valence-electron chi connectivity index (χ2n) is 7.04. The van der Waals surface area contributed by atoms with Crippen LogP contribution >= 0.6 is 0 Å². The summed E-state index contributed by atoms with van der Waals surface area (Å²) in [5, 5.41) is 9.80. The fourth-order valence-electron chi connectivity index (χ4n) is 2.99. The summed E-state index contributed by atoms with van der Waals surface area (Å²) in [5.41, 5.74) is 2.01. The van der Waals surface area contributed by atoms with Gasteiger partial charge in [-0.25, -0.2) is 4.98 Å². The quantitative estimate of drug-likeness (QED) is 0.616. The van der Waals surface area contributed by atoms with Crippen LogP contribution in [-0.4, -0.2) is 28.9 Å². The van der Waals surface area contributed by atoms with E-state index in [4.69, 9.17) is 0 Å². The molecule has 0 saturated heterocycles. The van der Waals surface area contributed by atoms with Gasteiger partial charge in [0.1, 0.15) is 11.9 Å². The van der Waals surface area contributed by atoms with E-state index in [0.29, 0.717) is 16.9 Å². The molecule has 2 amide bonds. The first kappa shape index (κ1) is 18.0. The van der Waals surface area contributed by atoms with E-state index in [1.54, 1.807) is 13.0 Å². The molecule has 142 valence electrons. The number of pyridine rings is 1. The largest absolute Gasteiger partial charge is 0.359 e. The van der Waals surface area contributed by atoms with E-state index in [1.807, 2.05) is 54.6 Å². The van der Waals surface area contributed by atoms with Crippen LogP contribution in [0.25, 0.3) is 10.9 Å². The minimum atomic E-state index is -0.520. The van der Waals surface area contributed by atoms with Crippen molar-refractivity contribution in [1.29, 1.82) is 0 Å². The highest BCUT2D eigenvalue weighted by Gasteiger charge is 2.25. The zero-order valence-electron chi connectivity index (χ0n) is 15.6. The molecule has 3 N–H and O–H groups in total. The summed E-state index contributed by atoms with van der Waals surface area (Å²) in [5.74, 6) is 0.214. The number of amides is 2. The van der Waals surface area contributed by atoms with Crippen molar-refractivity contribution in [3.8, 4) is 0 Å². The van der Waals surface area contributed by atoms with E-state index in [2.05, 4.69) is 20.9 Å². The molecule has 1 aliphatic rings. The number of hydrogen-bond acceptors (Lipinski definition) is 4. The van der Waals surface area contributed by atoms with Crippen LogP contribution in [0.5, 0.6) is 0 Å². The molecule has 1 atom stereocenters. The average molecular weight is 374 g/mol. The van der Waals surface area contributed by atoms with Crippen LogP contribution in [0.1, 0.15) is 30.1 Å². The number of para-hydroxylation sites is 2. The minimum absolute atomic E-state index is 0.106. The van der Waals surface area contributed by atoms with Gasteiger partial charge in [-0.3, -0.25) is 9.59 Å². The number of benzene rings is 2. The molecule has 1 unspecified atom stereocenters. The predicted octanol–water partition coefficient (Wildman–Crippen LogP) is 3.57. The first-order valence-corrected chi connectivity index (χ1v) is 9.43. The van der Waals surface area contributed by atoms with Crippen LogP contribution in [0.15, 0.2) is 60.7 Å². The fraction of sp³-hybridized carbons (Fsp3) is 0.227. The van der Waals surface area contributed by atoms with Crippen molar-refractivity contribution in [3.63, 3.8) is 0 Å². The van der Waals surface area contributed by atoms with Crippen molar-refractivity contribution in [3.05, 3.63) is 66.2 Å². The highest BCUT2D eigenvalue weighted by molar-refractivity contribution is 6.07. The van der Waals surface area contributed by atoms with Gasteiger partial charge >= 0.3 is 0 Å². The summed E-state index contributed by atoms with van der Waals surface area (Å²) >= 11 is 0. The summed E-state index contributed by atoms with van der Waals surface area (Å²) in [4.78, 5) is 29.7. The molecule has 6 nitrogen and oxygen atoms in total. The molecule has 1 saturated carbocycles. The Kier molecular flexibility index (Phi) is 4.93. The summed E-state index contributed by atoms with van der Waals surface area (Å²) in [6.45, 7) is 1.76. The van der Waals surface area contributed by atoms with Gasteiger partial charge in [-0.1, -0.05) is 36.4 Å². The van der Waals surface area contributed by atoms with E-state index in [-0.39, 0.29) is 17.9 Å². The van der Waals surface area contributed by atoms with Gasteiger partial charge in [0.15, 0.2) is 0 Å². The van der Waals surface area contributed by atoms with Gasteiger partial charge in [-0.2, -0.15) is 0 Å². The van der Waals surface area contributed by atoms with Crippen molar-refractivity contribution in [2.24, 2.45) is 0 Å². The maximum absolute atomic E-state index is 12.7. The lowest BCUT2D eigenvalue weighted by Crippen LogP contribution is -2.32. The molecular weight excluding hydrogens is 352 g/mol. The monoisotopic (exact) mass is 374 g/mol. The second kappa shape index (κ2) is 7.68. The fourth-order valence-corrected chi connectivity index (χ4v) is 2.99. The first-order chi connectivity index (χ1) is 13.6. The lowest BCUT2D eigenvalue weighted by Gasteiger charge is -2.16. The Balaban J connectivity index is 1.55. The third-order valence-corrected chi connectivity index (χ3v) is 4.67. The van der Waals surface area contributed by atoms with Gasteiger partial charge in [0.2, 0.25) is 5.91 Å². The molecule has 0 aliphatic heterocycles. The number of nitrogens with one attached hydrogen (secondary N) is 3. The third-order valence-electron chi connectivity index (χ3n) is 4.67. The summed E-state index contributed by atoms with van der Waals surface area (Å²) in [6.07, 6.45) is 2.05. The summed E-state index contributed by atoms with van der Waals surface area (Å²) < 4.78 is 0. The van der Waals surface area contributed by atoms with Crippen molar-refractivity contribution in [2.45, 2.75) is 31.8 Å². The molecule has 0 bridgehead atoms. The number of hydrogen-bond donors (Lipinski definition) is 3. The highest BCUT2D eigenvalue weighted by Crippen LogP contribution is 2.24. The van der Waals surface area contributed by atoms with Gasteiger partial charge in [0.25, 0.3) is 5.91 Å². The molecule has 1 aromatic heterocycles. The van der Waals surface area contributed by atoms with Crippen molar-refractivity contribution >= 4 is 34.2 Å². The van der Waals surface area contributed by atoms with Gasteiger partial charge in [-0.05, 0) is 44.0 Å². The Morgan fingerprint density at radius 1 is 1.04 bits per heavy atom. The van der Waals surface area contributed by atoms with E-state index >= 15 is 0 Å². The number of aromatic nitrogens is 1. The SMILES string of the molecule is CC(Nc1cc(C(=O)NC2CC2)c2ccccc2n1)C(=O)Nc1ccccc1. The molecule has 2 aromatic carbocycles. The summed E-state index contributed by atoms with van der Waals surface area (Å²) in [6, 6.07) is 18.3. The highest BCUT2D eigenvalue weighted by atomic mass is 16.2. The van der Waals surface area contributed by atoms with Crippen molar-refractivity contribution in [1.82, 2.24) is 10.3 Å². The van der Waals surface area contributed by atoms with E-state index in [1.165, 1.54) is 0 Å². The van der Waals surface area contributed by atoms with Gasteiger partial charge in [0.05, 0.1) is 11.1 Å². The van der Waals surface area contributed by atoms with Crippen LogP contribution in [-0.2, 0) is 4.79 Å². The summed E-state index contributed by atoms with van der Waals surface area (Å²) in [7, 11) is 0. The Morgan fingerprint density at radius 3 is 2.50 bits per heavy atom. The van der Waals surface area contributed by atoms with E-state index in [9.17, 15) is 9.59 Å². The second-order valence-corrected chi connectivity index (χ2v) is 7.04. The molecule has 1 heterocycles. The van der Waals surface area contributed by atoms with Crippen LogP contribution in [0.4, 0.5) is 11.5 Å². The maximum Gasteiger partial charge on any atom is 0.252 e. The number of nitrogens with zero attached hydrogens (tertiary/aromatic N) is 1. The minimum Gasteiger partial charge on any atom is -0.359 e. The first-order valence-electron chi connectivity index (χ1n) is 9.43. The number of anilines is 2. The van der Waals surface area contributed by atoms with E-state index in [0.717, 1.165) is 23.9 Å². The Hall–Kier alpha value is -3.41. The van der Waals surface area contributed by atoms with Crippen LogP contribution in [0, 0.1) is 0 Å². The molecule has 6 heteroatoms. The van der Waals surface area contributed by atoms with Gasteiger partial charge in [-0.15, -0.1) is 0 Å². The molecule has 28 heavy (non-hydrogen) atoms. The van der Waals surface area contributed by atoms with Gasteiger partial charge in [0, 0.05) is 17.1 Å². The van der Waals surface area contributed by atoms with Crippen LogP contribution in [0.2, 0.25) is 0 Å². The lowest BCUT2D eigenvalue weighted by molar-refractivity contribution is -0.116. The topological polar surface area (TPSA) is 83.1 Å². The Morgan fingerprint density at radius 2 is 1.75 bits per heavy atom. The maximum atomic E-state index is 12.7. The van der Waals surface area contributed by atoms with Crippen LogP contribution < -0.4 is 16.0 Å². The van der Waals surface area contributed by atoms with Crippen molar-refractivity contribution in [2.75, 3.05) is 10.6 Å². The molecule has 0 radical (unpaired) electrons. The molecule has 1 aliphatic carbocycles. The van der Waals surface area contributed by atoms with E-state index < -0.39 is 6.04 Å². The smallest absolute Gasteiger partial charge is 0.252 e. The predicted molar refractivity (Wildman–Crippen MR) is 110 cm³/mol. The molecule has 3 aromatic rings. The number of fused-ring (bicyclic) bond motifs is 1. The normalized spacial score (nSPS) is 14.3. The Labute approximate surface area is 163 Å². The average Bonchev–Trinajstić information content (AvgIpc) is 3.52. The number of carbonyl (C=O) groups excluding carboxylic acids is 2. The number of carbonyl (C=O) groups is 2. The molecule has 4 rings (SSSR count). The third kappa shape index (κ3) is 4.11. The standard InChI is InChI=1S/C22H22N4O2/c1-14(21(27)24-15-7-3-2-4-8-15)23-20-13-18(22(28)25-16-11-12-16)17-9-5-6-10-19(17)26-20/h2-10,13-14,16H,11-12H2,1H3,(H,23,26)(H,24,27)(H,25,28). The zero-order chi connectivity index (χ0) is 19.5. The van der Waals surface area contributed by atoms with Crippen molar-refractivity contribution < 1.29 is 9.59 Å². The van der Waals surface area contributed by atoms with Gasteiger partial charge < -0.3 is 16.0 Å². The lowest BCUT2D eigenvalue weighted by atomic mass is 10.1.